The van der Waals surface area contributed by atoms with Gasteiger partial charge in [0.1, 0.15) is 0 Å². The van der Waals surface area contributed by atoms with E-state index in [4.69, 9.17) is 10.2 Å². The van der Waals surface area contributed by atoms with E-state index >= 15 is 0 Å². The SMILES string of the molecule is Nc1nnc(CCNC(=O)CN2CCCCCCC2=O)o1. The molecule has 21 heavy (non-hydrogen) atoms. The molecule has 8 nitrogen and oxygen atoms in total. The highest BCUT2D eigenvalue weighted by Crippen LogP contribution is 2.11. The van der Waals surface area contributed by atoms with Crippen LogP contribution in [-0.2, 0) is 16.0 Å². The van der Waals surface area contributed by atoms with E-state index in [9.17, 15) is 9.59 Å². The molecule has 116 valence electrons. The van der Waals surface area contributed by atoms with Crippen molar-refractivity contribution in [3.63, 3.8) is 0 Å². The Balaban J connectivity index is 1.71. The second-order valence-corrected chi connectivity index (χ2v) is 5.11. The minimum atomic E-state index is -0.170. The molecular formula is C13H21N5O3. The fourth-order valence-electron chi connectivity index (χ4n) is 2.29. The molecule has 1 aliphatic rings. The molecule has 0 saturated carbocycles. The maximum Gasteiger partial charge on any atom is 0.312 e. The van der Waals surface area contributed by atoms with Crippen LogP contribution in [0.25, 0.3) is 0 Å². The van der Waals surface area contributed by atoms with Crippen molar-refractivity contribution in [3.05, 3.63) is 5.89 Å². The van der Waals surface area contributed by atoms with E-state index in [0.29, 0.717) is 31.8 Å². The fourth-order valence-corrected chi connectivity index (χ4v) is 2.29. The van der Waals surface area contributed by atoms with Crippen LogP contribution in [0, 0.1) is 0 Å². The van der Waals surface area contributed by atoms with Crippen molar-refractivity contribution < 1.29 is 14.0 Å². The van der Waals surface area contributed by atoms with Crippen molar-refractivity contribution in [2.45, 2.75) is 38.5 Å². The largest absolute Gasteiger partial charge is 0.408 e. The van der Waals surface area contributed by atoms with Gasteiger partial charge in [-0.1, -0.05) is 17.9 Å². The second kappa shape index (κ2) is 7.61. The summed E-state index contributed by atoms with van der Waals surface area (Å²) in [6.07, 6.45) is 5.04. The number of nitrogen functional groups attached to an aromatic ring is 1. The summed E-state index contributed by atoms with van der Waals surface area (Å²) in [5, 5.41) is 9.98. The Hall–Kier alpha value is -2.12. The molecule has 8 heteroatoms. The first-order chi connectivity index (χ1) is 10.1. The van der Waals surface area contributed by atoms with E-state index in [1.165, 1.54) is 0 Å². The summed E-state index contributed by atoms with van der Waals surface area (Å²) in [4.78, 5) is 25.4. The molecule has 0 spiro atoms. The lowest BCUT2D eigenvalue weighted by atomic mass is 10.1. The van der Waals surface area contributed by atoms with E-state index in [1.807, 2.05) is 0 Å². The quantitative estimate of drug-likeness (QED) is 0.796. The molecule has 1 saturated heterocycles. The maximum atomic E-state index is 11.9. The number of anilines is 1. The number of nitrogens with zero attached hydrogens (tertiary/aromatic N) is 3. The molecular weight excluding hydrogens is 274 g/mol. The Morgan fingerprint density at radius 3 is 2.86 bits per heavy atom. The first kappa shape index (κ1) is 15.3. The van der Waals surface area contributed by atoms with E-state index in [2.05, 4.69) is 15.5 Å². The van der Waals surface area contributed by atoms with Gasteiger partial charge in [-0.25, -0.2) is 0 Å². The molecule has 0 aliphatic carbocycles. The normalized spacial score (nSPS) is 16.4. The van der Waals surface area contributed by atoms with Gasteiger partial charge in [0, 0.05) is 25.9 Å². The average molecular weight is 295 g/mol. The summed E-state index contributed by atoms with van der Waals surface area (Å²) >= 11 is 0. The highest BCUT2D eigenvalue weighted by Gasteiger charge is 2.18. The summed E-state index contributed by atoms with van der Waals surface area (Å²) in [5.41, 5.74) is 5.30. The number of hydrogen-bond donors (Lipinski definition) is 2. The molecule has 2 rings (SSSR count). The van der Waals surface area contributed by atoms with Gasteiger partial charge in [0.15, 0.2) is 0 Å². The van der Waals surface area contributed by atoms with Crippen molar-refractivity contribution in [1.29, 1.82) is 0 Å². The number of nitrogens with two attached hydrogens (primary N) is 1. The Labute approximate surface area is 123 Å². The molecule has 0 radical (unpaired) electrons. The first-order valence-corrected chi connectivity index (χ1v) is 7.27. The summed E-state index contributed by atoms with van der Waals surface area (Å²) in [5.74, 6) is 0.279. The zero-order valence-corrected chi connectivity index (χ0v) is 12.0. The van der Waals surface area contributed by atoms with Gasteiger partial charge in [0.25, 0.3) is 0 Å². The van der Waals surface area contributed by atoms with Crippen molar-refractivity contribution in [2.24, 2.45) is 0 Å². The molecule has 0 atom stereocenters. The summed E-state index contributed by atoms with van der Waals surface area (Å²) in [6, 6.07) is 0.0163. The molecule has 1 aromatic heterocycles. The molecule has 1 aliphatic heterocycles. The number of likely N-dealkylation sites (tertiary alicyclic amines) is 1. The Kier molecular flexibility index (Phi) is 5.53. The number of carbonyl (C=O) groups excluding carboxylic acids is 2. The summed E-state index contributed by atoms with van der Waals surface area (Å²) in [7, 11) is 0. The first-order valence-electron chi connectivity index (χ1n) is 7.27. The molecule has 0 bridgehead atoms. The van der Waals surface area contributed by atoms with Crippen LogP contribution in [0.4, 0.5) is 6.01 Å². The van der Waals surface area contributed by atoms with E-state index in [0.717, 1.165) is 25.7 Å². The third-order valence-electron chi connectivity index (χ3n) is 3.40. The van der Waals surface area contributed by atoms with Crippen LogP contribution < -0.4 is 11.1 Å². The topological polar surface area (TPSA) is 114 Å². The third-order valence-corrected chi connectivity index (χ3v) is 3.40. The number of amides is 2. The van der Waals surface area contributed by atoms with Gasteiger partial charge in [-0.05, 0) is 12.8 Å². The number of aromatic nitrogens is 2. The van der Waals surface area contributed by atoms with Crippen LogP contribution in [0.1, 0.15) is 38.0 Å². The zero-order valence-electron chi connectivity index (χ0n) is 12.0. The third kappa shape index (κ3) is 5.05. The minimum Gasteiger partial charge on any atom is -0.408 e. The van der Waals surface area contributed by atoms with Crippen molar-refractivity contribution in [2.75, 3.05) is 25.4 Å². The van der Waals surface area contributed by atoms with E-state index < -0.39 is 0 Å². The van der Waals surface area contributed by atoms with Crippen LogP contribution >= 0.6 is 0 Å². The average Bonchev–Trinajstić information content (AvgIpc) is 2.84. The van der Waals surface area contributed by atoms with Gasteiger partial charge in [-0.15, -0.1) is 5.10 Å². The lowest BCUT2D eigenvalue weighted by Crippen LogP contribution is -2.42. The van der Waals surface area contributed by atoms with Crippen LogP contribution in [0.3, 0.4) is 0 Å². The molecule has 0 aromatic carbocycles. The monoisotopic (exact) mass is 295 g/mol. The molecule has 1 aromatic rings. The lowest BCUT2D eigenvalue weighted by molar-refractivity contribution is -0.136. The fraction of sp³-hybridized carbons (Fsp3) is 0.692. The lowest BCUT2D eigenvalue weighted by Gasteiger charge is -2.24. The van der Waals surface area contributed by atoms with Gasteiger partial charge in [-0.3, -0.25) is 9.59 Å². The van der Waals surface area contributed by atoms with Crippen molar-refractivity contribution in [3.8, 4) is 0 Å². The summed E-state index contributed by atoms with van der Waals surface area (Å²) < 4.78 is 5.00. The van der Waals surface area contributed by atoms with Crippen LogP contribution in [0.2, 0.25) is 0 Å². The molecule has 1 fully saturated rings. The minimum absolute atomic E-state index is 0.0163. The van der Waals surface area contributed by atoms with Gasteiger partial charge in [0.05, 0.1) is 6.54 Å². The zero-order chi connectivity index (χ0) is 15.1. The highest BCUT2D eigenvalue weighted by atomic mass is 16.4. The Morgan fingerprint density at radius 1 is 1.29 bits per heavy atom. The predicted octanol–water partition coefficient (Wildman–Crippen LogP) is 0.103. The standard InChI is InChI=1S/C13H21N5O3/c14-13-17-16-11(21-13)6-7-15-10(19)9-18-8-4-2-1-3-5-12(18)20/h1-9H2,(H2,14,17)(H,15,19). The van der Waals surface area contributed by atoms with Gasteiger partial charge >= 0.3 is 6.01 Å². The van der Waals surface area contributed by atoms with E-state index in [-0.39, 0.29) is 24.4 Å². The number of hydrogen-bond acceptors (Lipinski definition) is 6. The van der Waals surface area contributed by atoms with Crippen LogP contribution in [-0.4, -0.2) is 46.5 Å². The van der Waals surface area contributed by atoms with Gasteiger partial charge in [0.2, 0.25) is 17.7 Å². The van der Waals surface area contributed by atoms with Crippen molar-refractivity contribution in [1.82, 2.24) is 20.4 Å². The molecule has 3 N–H and O–H groups in total. The maximum absolute atomic E-state index is 11.9. The van der Waals surface area contributed by atoms with Crippen molar-refractivity contribution >= 4 is 17.8 Å². The summed E-state index contributed by atoms with van der Waals surface area (Å²) in [6.45, 7) is 1.15. The smallest absolute Gasteiger partial charge is 0.312 e. The van der Waals surface area contributed by atoms with Crippen LogP contribution in [0.5, 0.6) is 0 Å². The van der Waals surface area contributed by atoms with Gasteiger partial charge < -0.3 is 20.4 Å². The molecule has 2 heterocycles. The molecule has 2 amide bonds. The number of nitrogens with one attached hydrogen (secondary N) is 1. The Bertz CT molecular complexity index is 488. The predicted molar refractivity (Wildman–Crippen MR) is 75.1 cm³/mol. The highest BCUT2D eigenvalue weighted by molar-refractivity contribution is 5.84. The van der Waals surface area contributed by atoms with Gasteiger partial charge in [-0.2, -0.15) is 0 Å². The van der Waals surface area contributed by atoms with E-state index in [1.54, 1.807) is 4.90 Å². The Morgan fingerprint density at radius 2 is 2.10 bits per heavy atom. The number of rotatable bonds is 5. The molecule has 0 unspecified atom stereocenters. The second-order valence-electron chi connectivity index (χ2n) is 5.11. The van der Waals surface area contributed by atoms with Crippen LogP contribution in [0.15, 0.2) is 4.42 Å². The number of carbonyl (C=O) groups is 2.